The van der Waals surface area contributed by atoms with Gasteiger partial charge in [0.2, 0.25) is 17.3 Å². The largest absolute Gasteiger partial charge is 0.462 e. The fourth-order valence-electron chi connectivity index (χ4n) is 8.92. The van der Waals surface area contributed by atoms with Crippen molar-refractivity contribution in [1.82, 2.24) is 0 Å². The van der Waals surface area contributed by atoms with Crippen molar-refractivity contribution in [3.63, 3.8) is 0 Å². The average molecular weight is 1160 g/mol. The van der Waals surface area contributed by atoms with E-state index in [9.17, 15) is 81.5 Å². The van der Waals surface area contributed by atoms with Gasteiger partial charge in [0.1, 0.15) is 18.3 Å². The van der Waals surface area contributed by atoms with E-state index in [0.717, 1.165) is 36.5 Å². The Kier molecular flexibility index (Phi) is 27.6. The van der Waals surface area contributed by atoms with Crippen LogP contribution in [0.4, 0.5) is 52.7 Å². The van der Waals surface area contributed by atoms with Crippen molar-refractivity contribution in [2.24, 2.45) is 17.8 Å². The number of rotatable bonds is 9. The highest BCUT2D eigenvalue weighted by Crippen LogP contribution is 2.35. The van der Waals surface area contributed by atoms with Gasteiger partial charge in [-0.15, -0.1) is 0 Å². The minimum atomic E-state index is -4.51. The smallest absolute Gasteiger partial charge is 0.392 e. The molecule has 0 radical (unpaired) electrons. The third kappa shape index (κ3) is 26.3. The number of carbonyl (C=O) groups is 6. The molecule has 1 heterocycles. The van der Waals surface area contributed by atoms with E-state index in [0.29, 0.717) is 19.3 Å². The number of ketones is 3. The lowest BCUT2D eigenvalue weighted by Gasteiger charge is -2.16. The van der Waals surface area contributed by atoms with Gasteiger partial charge >= 0.3 is 36.4 Å². The number of fused-ring (bicyclic) bond motifs is 3. The number of ether oxygens (including phenoxy) is 3. The molecule has 3 aliphatic carbocycles. The topological polar surface area (TPSA) is 130 Å². The van der Waals surface area contributed by atoms with Crippen LogP contribution in [0.25, 0.3) is 0 Å². The number of hydrogen-bond acceptors (Lipinski definition) is 9. The third-order valence-corrected chi connectivity index (χ3v) is 13.0. The van der Waals surface area contributed by atoms with Gasteiger partial charge in [0.25, 0.3) is 0 Å². The van der Waals surface area contributed by atoms with Gasteiger partial charge in [-0.2, -0.15) is 39.5 Å². The van der Waals surface area contributed by atoms with Crippen LogP contribution in [-0.2, 0) is 43.0 Å². The molecule has 0 unspecified atom stereocenters. The maximum absolute atomic E-state index is 14.7. The Morgan fingerprint density at radius 1 is 0.383 bits per heavy atom. The maximum Gasteiger partial charge on any atom is 0.392 e. The monoisotopic (exact) mass is 1160 g/mol. The molecular weight excluding hydrogens is 1090 g/mol. The summed E-state index contributed by atoms with van der Waals surface area (Å²) in [6.45, 7) is 0. The van der Waals surface area contributed by atoms with Crippen LogP contribution in [0.3, 0.4) is 0 Å². The van der Waals surface area contributed by atoms with Crippen LogP contribution >= 0.6 is 0 Å². The van der Waals surface area contributed by atoms with E-state index in [1.165, 1.54) is 36.5 Å². The summed E-state index contributed by atoms with van der Waals surface area (Å²) in [5, 5.41) is 0. The Morgan fingerprint density at radius 2 is 0.642 bits per heavy atom. The van der Waals surface area contributed by atoms with E-state index in [4.69, 9.17) is 14.2 Å². The van der Waals surface area contributed by atoms with Crippen LogP contribution < -0.4 is 0 Å². The summed E-state index contributed by atoms with van der Waals surface area (Å²) in [6.07, 6.45) is 3.49. The quantitative estimate of drug-likeness (QED) is 0.0958. The van der Waals surface area contributed by atoms with Crippen molar-refractivity contribution in [2.45, 2.75) is 172 Å². The first-order valence-corrected chi connectivity index (χ1v) is 26.8. The van der Waals surface area contributed by atoms with Crippen molar-refractivity contribution in [1.29, 1.82) is 0 Å². The van der Waals surface area contributed by atoms with Gasteiger partial charge in [0, 0.05) is 92.3 Å². The fraction of sp³-hybridized carbons (Fsp3) is 0.500. The number of Topliss-reactive ketones (excluding diaryl/α,β-unsaturated/α-hetero) is 3. The molecule has 0 saturated heterocycles. The number of halogens is 12. The van der Waals surface area contributed by atoms with Crippen LogP contribution in [0.1, 0.15) is 135 Å². The Balaban J connectivity index is 1.56. The molecule has 0 spiro atoms. The molecular formula is C60H66F12O9. The molecule has 9 nitrogen and oxygen atoms in total. The molecule has 0 saturated carbocycles. The lowest BCUT2D eigenvalue weighted by Crippen LogP contribution is -2.18. The maximum atomic E-state index is 14.7. The molecule has 0 fully saturated rings. The van der Waals surface area contributed by atoms with E-state index in [2.05, 4.69) is 0 Å². The molecule has 444 valence electrons. The number of carbonyl (C=O) groups excluding carboxylic acids is 6. The van der Waals surface area contributed by atoms with Gasteiger partial charge in [0.05, 0.1) is 19.3 Å². The summed E-state index contributed by atoms with van der Waals surface area (Å²) in [7, 11) is 0. The first-order chi connectivity index (χ1) is 38.3. The van der Waals surface area contributed by atoms with Gasteiger partial charge in [0.15, 0.2) is 17.5 Å². The number of cyclic esters (lactones) is 3. The van der Waals surface area contributed by atoms with Gasteiger partial charge in [-0.1, -0.05) is 91.1 Å². The zero-order valence-electron chi connectivity index (χ0n) is 44.4. The highest BCUT2D eigenvalue weighted by molar-refractivity contribution is 6.11. The van der Waals surface area contributed by atoms with Crippen molar-refractivity contribution < 1.29 is 95.7 Å². The highest BCUT2D eigenvalue weighted by Gasteiger charge is 2.33. The van der Waals surface area contributed by atoms with Gasteiger partial charge in [-0.3, -0.25) is 28.8 Å². The third-order valence-electron chi connectivity index (χ3n) is 13.0. The average Bonchev–Trinajstić information content (AvgIpc) is 3.94. The summed E-state index contributed by atoms with van der Waals surface area (Å²) in [5.74, 6) is -10.3. The molecule has 0 N–H and O–H groups in total. The van der Waals surface area contributed by atoms with E-state index in [1.807, 2.05) is 0 Å². The number of alkyl halides is 9. The van der Waals surface area contributed by atoms with Crippen molar-refractivity contribution in [2.75, 3.05) is 0 Å². The molecule has 4 aliphatic rings. The Labute approximate surface area is 462 Å². The lowest BCUT2D eigenvalue weighted by atomic mass is 9.96. The van der Waals surface area contributed by atoms with Crippen LogP contribution in [0, 0.1) is 17.8 Å². The minimum absolute atomic E-state index is 0.0265. The molecule has 4 rings (SSSR count). The molecule has 0 aromatic carbocycles. The second kappa shape index (κ2) is 33.4. The van der Waals surface area contributed by atoms with Crippen molar-refractivity contribution in [3.05, 3.63) is 144 Å². The van der Waals surface area contributed by atoms with E-state index >= 15 is 0 Å². The van der Waals surface area contributed by atoms with Crippen molar-refractivity contribution >= 4 is 35.3 Å². The Morgan fingerprint density at radius 3 is 0.889 bits per heavy atom. The van der Waals surface area contributed by atoms with E-state index in [1.54, 1.807) is 36.5 Å². The van der Waals surface area contributed by atoms with E-state index in [-0.39, 0.29) is 113 Å². The fourth-order valence-corrected chi connectivity index (χ4v) is 8.92. The molecule has 0 aromatic rings. The van der Waals surface area contributed by atoms with Crippen LogP contribution in [0.5, 0.6) is 0 Å². The summed E-state index contributed by atoms with van der Waals surface area (Å²) in [4.78, 5) is 77.6. The van der Waals surface area contributed by atoms with Gasteiger partial charge < -0.3 is 14.2 Å². The highest BCUT2D eigenvalue weighted by atomic mass is 19.4. The van der Waals surface area contributed by atoms with Crippen LogP contribution in [-0.4, -0.2) is 72.1 Å². The lowest BCUT2D eigenvalue weighted by molar-refractivity contribution is -0.149. The summed E-state index contributed by atoms with van der Waals surface area (Å²) < 4.78 is 177. The first kappa shape index (κ1) is 67.0. The standard InChI is InChI=1S/C60H66F12O9/c61-49-37-40-19-7-1-4-10-25-52(73)79-43(22-13-16-34-58(64,65)66)29-32-47-41(38-50(62)56(47)77)20-8-3-6-12-27-54(75)81-45(24-15-18-36-60(70,71)72)30-33-48-42(39-51(63)57(48)78)21-9-2-5-11-26-53(74)80-44(28-31-46(40)55(49)76)23-14-17-35-59(67,68)69/h1-3,7-9,13-18,31-33,37-45H,4-6,10-12,19-30,34-36H2/b7-1?,8-3?,9-2?,16-13-,17-14-,18-15-,46-31?,47-32?,48-33?/t40-,41-,42-,43-,44-,45-/m0/s1. The second-order valence-electron chi connectivity index (χ2n) is 19.7. The summed E-state index contributed by atoms with van der Waals surface area (Å²) in [6, 6.07) is 0. The molecule has 1 aliphatic heterocycles. The normalized spacial score (nSPS) is 25.2. The molecule has 81 heavy (non-hydrogen) atoms. The van der Waals surface area contributed by atoms with Crippen LogP contribution in [0.2, 0.25) is 0 Å². The number of esters is 3. The minimum Gasteiger partial charge on any atom is -0.462 e. The summed E-state index contributed by atoms with van der Waals surface area (Å²) >= 11 is 0. The van der Waals surface area contributed by atoms with E-state index < -0.39 is 127 Å². The molecule has 21 heteroatoms. The molecule has 0 amide bonds. The number of hydrogen-bond donors (Lipinski definition) is 0. The molecule has 0 aromatic heterocycles. The first-order valence-electron chi connectivity index (χ1n) is 26.8. The van der Waals surface area contributed by atoms with Gasteiger partial charge in [-0.25, -0.2) is 13.2 Å². The summed E-state index contributed by atoms with van der Waals surface area (Å²) in [5.41, 5.74) is 0.0796. The zero-order chi connectivity index (χ0) is 59.6. The predicted molar refractivity (Wildman–Crippen MR) is 277 cm³/mol. The predicted octanol–water partition coefficient (Wildman–Crippen LogP) is 15.9. The molecule has 0 bridgehead atoms. The zero-order valence-corrected chi connectivity index (χ0v) is 44.4. The Hall–Kier alpha value is -6.54. The number of allylic oxidation sites excluding steroid dienone is 18. The van der Waals surface area contributed by atoms with Crippen molar-refractivity contribution in [3.8, 4) is 0 Å². The molecule has 6 atom stereocenters. The Bertz CT molecular complexity index is 2290. The second-order valence-corrected chi connectivity index (χ2v) is 19.7. The SMILES string of the molecule is O=C1CCCC=CC[C@H]2C=C(F)C(=O)C2=CC[C@H](C/C=C\CC(F)(F)F)OC(=O)CCCC=CC[C@H]2C=C(F)C(=O)C2=CC[C@H](C/C=C\CC(F)(F)F)OC(=O)CCCC=CC[C@H]2C=C(F)C(=O)C2=CC[C@H](C/C=C\CC(F)(F)F)O1. The van der Waals surface area contributed by atoms with Gasteiger partial charge in [-0.05, 0) is 76.0 Å². The van der Waals surface area contributed by atoms with Crippen LogP contribution in [0.15, 0.2) is 144 Å².